The van der Waals surface area contributed by atoms with Crippen LogP contribution in [0.4, 0.5) is 0 Å². The lowest BCUT2D eigenvalue weighted by Gasteiger charge is -2.10. The van der Waals surface area contributed by atoms with Crippen LogP contribution in [0.25, 0.3) is 0 Å². The van der Waals surface area contributed by atoms with Gasteiger partial charge in [0.2, 0.25) is 0 Å². The normalized spacial score (nSPS) is 10.5. The lowest BCUT2D eigenvalue weighted by molar-refractivity contribution is 0.0938. The van der Waals surface area contributed by atoms with Crippen LogP contribution < -0.4 is 4.74 Å². The summed E-state index contributed by atoms with van der Waals surface area (Å²) in [6.45, 7) is 7.87. The van der Waals surface area contributed by atoms with Crippen molar-refractivity contribution in [1.82, 2.24) is 9.78 Å². The minimum Gasteiger partial charge on any atom is -0.489 e. The van der Waals surface area contributed by atoms with E-state index in [9.17, 15) is 4.79 Å². The molecule has 0 radical (unpaired) electrons. The van der Waals surface area contributed by atoms with E-state index in [1.165, 1.54) is 10.2 Å². The molecule has 1 aromatic heterocycles. The first-order valence-electron chi connectivity index (χ1n) is 8.58. The fourth-order valence-corrected chi connectivity index (χ4v) is 2.96. The monoisotopic (exact) mass is 346 g/mol. The maximum absolute atomic E-state index is 13.1. The van der Waals surface area contributed by atoms with Gasteiger partial charge >= 0.3 is 0 Å². The maximum Gasteiger partial charge on any atom is 0.282 e. The fraction of sp³-hybridized carbons (Fsp3) is 0.182. The predicted molar refractivity (Wildman–Crippen MR) is 103 cm³/mol. The van der Waals surface area contributed by atoms with Gasteiger partial charge in [-0.05, 0) is 31.5 Å². The number of carbonyl (C=O) groups is 1. The second kappa shape index (κ2) is 7.83. The van der Waals surface area contributed by atoms with Crippen molar-refractivity contribution in [2.45, 2.75) is 20.3 Å². The van der Waals surface area contributed by atoms with E-state index in [0.717, 1.165) is 23.4 Å². The zero-order chi connectivity index (χ0) is 18.5. The molecule has 4 heteroatoms. The predicted octanol–water partition coefficient (Wildman–Crippen LogP) is 4.34. The van der Waals surface area contributed by atoms with Crippen LogP contribution in [0.5, 0.6) is 5.75 Å². The van der Waals surface area contributed by atoms with Crippen molar-refractivity contribution in [3.05, 3.63) is 95.3 Å². The summed E-state index contributed by atoms with van der Waals surface area (Å²) in [5.74, 6) is 0.346. The number of ether oxygens (including phenoxy) is 1. The Kier molecular flexibility index (Phi) is 5.32. The molecule has 0 aliphatic rings. The average molecular weight is 346 g/mol. The highest BCUT2D eigenvalue weighted by molar-refractivity contribution is 5.98. The number of aryl methyl sites for hydroxylation is 1. The van der Waals surface area contributed by atoms with E-state index < -0.39 is 0 Å². The van der Waals surface area contributed by atoms with E-state index >= 15 is 0 Å². The van der Waals surface area contributed by atoms with Crippen molar-refractivity contribution < 1.29 is 9.53 Å². The Labute approximate surface area is 153 Å². The molecule has 2 aromatic carbocycles. The van der Waals surface area contributed by atoms with Crippen molar-refractivity contribution in [1.29, 1.82) is 0 Å². The number of hydrogen-bond acceptors (Lipinski definition) is 3. The average Bonchev–Trinajstić information content (AvgIpc) is 2.95. The molecule has 1 heterocycles. The molecule has 0 saturated heterocycles. The molecule has 4 nitrogen and oxygen atoms in total. The first-order valence-corrected chi connectivity index (χ1v) is 8.58. The maximum atomic E-state index is 13.1. The molecule has 3 aromatic rings. The van der Waals surface area contributed by atoms with Gasteiger partial charge in [-0.1, -0.05) is 55.1 Å². The molecule has 0 saturated carbocycles. The standard InChI is InChI=1S/C22H22N2O2/c1-4-14-26-21-13-9-8-12-19(21)22(25)24-17(3)20(16(2)23-24)15-18-10-6-5-7-11-18/h4-13H,1,14-15H2,2-3H3. The van der Waals surface area contributed by atoms with Crippen LogP contribution in [0.15, 0.2) is 67.3 Å². The second-order valence-corrected chi connectivity index (χ2v) is 6.12. The van der Waals surface area contributed by atoms with Crippen molar-refractivity contribution in [3.63, 3.8) is 0 Å². The van der Waals surface area contributed by atoms with E-state index in [1.54, 1.807) is 18.2 Å². The van der Waals surface area contributed by atoms with Crippen molar-refractivity contribution in [2.24, 2.45) is 0 Å². The Morgan fingerprint density at radius 2 is 1.81 bits per heavy atom. The zero-order valence-corrected chi connectivity index (χ0v) is 15.1. The minimum absolute atomic E-state index is 0.190. The lowest BCUT2D eigenvalue weighted by Crippen LogP contribution is -2.17. The molecule has 0 unspecified atom stereocenters. The van der Waals surface area contributed by atoms with E-state index in [2.05, 4.69) is 23.8 Å². The van der Waals surface area contributed by atoms with E-state index in [0.29, 0.717) is 17.9 Å². The number of rotatable bonds is 6. The second-order valence-electron chi connectivity index (χ2n) is 6.12. The number of nitrogens with zero attached hydrogens (tertiary/aromatic N) is 2. The molecule has 0 aliphatic heterocycles. The van der Waals surface area contributed by atoms with Gasteiger partial charge in [0.25, 0.3) is 5.91 Å². The molecule has 3 rings (SSSR count). The Morgan fingerprint density at radius 1 is 1.12 bits per heavy atom. The third-order valence-corrected chi connectivity index (χ3v) is 4.33. The number of hydrogen-bond donors (Lipinski definition) is 0. The molecule has 26 heavy (non-hydrogen) atoms. The topological polar surface area (TPSA) is 44.1 Å². The summed E-state index contributed by atoms with van der Waals surface area (Å²) < 4.78 is 7.10. The summed E-state index contributed by atoms with van der Waals surface area (Å²) in [7, 11) is 0. The highest BCUT2D eigenvalue weighted by Gasteiger charge is 2.20. The van der Waals surface area contributed by atoms with Gasteiger partial charge in [-0.25, -0.2) is 4.68 Å². The summed E-state index contributed by atoms with van der Waals surface area (Å²) in [6, 6.07) is 17.4. The Balaban J connectivity index is 1.94. The van der Waals surface area contributed by atoms with Crippen LogP contribution in [-0.2, 0) is 6.42 Å². The molecule has 0 amide bonds. The highest BCUT2D eigenvalue weighted by Crippen LogP contribution is 2.23. The van der Waals surface area contributed by atoms with Crippen LogP contribution in [0.2, 0.25) is 0 Å². The van der Waals surface area contributed by atoms with Gasteiger partial charge in [0.05, 0.1) is 11.3 Å². The molecule has 132 valence electrons. The van der Waals surface area contributed by atoms with E-state index in [1.807, 2.05) is 44.2 Å². The molecule has 0 N–H and O–H groups in total. The van der Waals surface area contributed by atoms with Crippen molar-refractivity contribution >= 4 is 5.91 Å². The summed E-state index contributed by atoms with van der Waals surface area (Å²) in [5.41, 5.74) is 4.49. The van der Waals surface area contributed by atoms with Gasteiger partial charge in [-0.2, -0.15) is 5.10 Å². The largest absolute Gasteiger partial charge is 0.489 e. The third kappa shape index (κ3) is 3.59. The van der Waals surface area contributed by atoms with Crippen molar-refractivity contribution in [2.75, 3.05) is 6.61 Å². The van der Waals surface area contributed by atoms with Crippen LogP contribution in [0.1, 0.15) is 32.9 Å². The van der Waals surface area contributed by atoms with Crippen molar-refractivity contribution in [3.8, 4) is 5.75 Å². The Hall–Kier alpha value is -3.14. The van der Waals surface area contributed by atoms with Crippen LogP contribution in [-0.4, -0.2) is 22.3 Å². The molecule has 0 atom stereocenters. The van der Waals surface area contributed by atoms with Crippen LogP contribution in [0.3, 0.4) is 0 Å². The van der Waals surface area contributed by atoms with Gasteiger partial charge in [0, 0.05) is 17.7 Å². The summed E-state index contributed by atoms with van der Waals surface area (Å²) >= 11 is 0. The molecule has 0 fully saturated rings. The van der Waals surface area contributed by atoms with Gasteiger partial charge in [0.1, 0.15) is 12.4 Å². The Bertz CT molecular complexity index is 927. The summed E-state index contributed by atoms with van der Waals surface area (Å²) in [4.78, 5) is 13.1. The van der Waals surface area contributed by atoms with Crippen LogP contribution >= 0.6 is 0 Å². The van der Waals surface area contributed by atoms with E-state index in [-0.39, 0.29) is 5.91 Å². The van der Waals surface area contributed by atoms with Gasteiger partial charge in [-0.3, -0.25) is 4.79 Å². The van der Waals surface area contributed by atoms with Gasteiger partial charge in [-0.15, -0.1) is 0 Å². The fourth-order valence-electron chi connectivity index (χ4n) is 2.96. The molecular formula is C22H22N2O2. The lowest BCUT2D eigenvalue weighted by atomic mass is 10.0. The SMILES string of the molecule is C=CCOc1ccccc1C(=O)n1nc(C)c(Cc2ccccc2)c1C. The van der Waals surface area contributed by atoms with Gasteiger partial charge < -0.3 is 4.74 Å². The molecular weight excluding hydrogens is 324 g/mol. The first kappa shape index (κ1) is 17.7. The summed E-state index contributed by atoms with van der Waals surface area (Å²) in [5, 5.41) is 4.50. The molecule has 0 spiro atoms. The van der Waals surface area contributed by atoms with Crippen LogP contribution in [0, 0.1) is 13.8 Å². The third-order valence-electron chi connectivity index (χ3n) is 4.33. The number of carbonyl (C=O) groups excluding carboxylic acids is 1. The number of aromatic nitrogens is 2. The number of benzene rings is 2. The molecule has 0 bridgehead atoms. The van der Waals surface area contributed by atoms with E-state index in [4.69, 9.17) is 4.74 Å². The first-order chi connectivity index (χ1) is 12.6. The quantitative estimate of drug-likeness (QED) is 0.624. The van der Waals surface area contributed by atoms with Gasteiger partial charge in [0.15, 0.2) is 0 Å². The summed E-state index contributed by atoms with van der Waals surface area (Å²) in [6.07, 6.45) is 2.41. The zero-order valence-electron chi connectivity index (χ0n) is 15.1. The molecule has 0 aliphatic carbocycles. The Morgan fingerprint density at radius 3 is 2.54 bits per heavy atom. The minimum atomic E-state index is -0.190. The highest BCUT2D eigenvalue weighted by atomic mass is 16.5. The number of para-hydroxylation sites is 1. The smallest absolute Gasteiger partial charge is 0.282 e.